The van der Waals surface area contributed by atoms with Crippen LogP contribution in [-0.2, 0) is 14.3 Å². The molecule has 0 amide bonds. The van der Waals surface area contributed by atoms with Gasteiger partial charge in [-0.15, -0.1) is 0 Å². The van der Waals surface area contributed by atoms with E-state index < -0.39 is 5.97 Å². The van der Waals surface area contributed by atoms with Gasteiger partial charge < -0.3 is 9.47 Å². The molecule has 0 aliphatic rings. The average Bonchev–Trinajstić information content (AvgIpc) is 2.11. The Balaban J connectivity index is 3.81. The van der Waals surface area contributed by atoms with Gasteiger partial charge in [-0.3, -0.25) is 5.41 Å². The van der Waals surface area contributed by atoms with Crippen LogP contribution in [0.25, 0.3) is 0 Å². The van der Waals surface area contributed by atoms with Gasteiger partial charge in [0.25, 0.3) is 0 Å². The van der Waals surface area contributed by atoms with E-state index in [1.807, 2.05) is 0 Å². The fourth-order valence-corrected chi connectivity index (χ4v) is 0.413. The third-order valence-corrected chi connectivity index (χ3v) is 1.01. The Hall–Kier alpha value is -1.58. The molecule has 66 valence electrons. The number of rotatable bonds is 3. The van der Waals surface area contributed by atoms with Crippen LogP contribution in [0.3, 0.4) is 0 Å². The highest BCUT2D eigenvalue weighted by Gasteiger charge is 1.87. The molecule has 0 atom stereocenters. The highest BCUT2D eigenvalue weighted by Crippen LogP contribution is 1.82. The van der Waals surface area contributed by atoms with E-state index in [0.29, 0.717) is 0 Å². The predicted octanol–water partition coefficient (Wildman–Crippen LogP) is 0.895. The molecule has 4 heteroatoms. The maximum absolute atomic E-state index is 10.5. The zero-order valence-electron chi connectivity index (χ0n) is 7.03. The molecule has 0 spiro atoms. The lowest BCUT2D eigenvalue weighted by atomic mass is 10.4. The molecular weight excluding hydrogens is 158 g/mol. The minimum atomic E-state index is -0.427. The molecule has 0 unspecified atom stereocenters. The Bertz CT molecular complexity index is 194. The summed E-state index contributed by atoms with van der Waals surface area (Å²) in [5.74, 6) is -0.395. The number of allylic oxidation sites excluding steroid dienone is 2. The van der Waals surface area contributed by atoms with Gasteiger partial charge >= 0.3 is 5.97 Å². The SMILES string of the molecule is COC(=N)C=CC=CC(=O)OC. The number of nitrogens with one attached hydrogen (secondary N) is 1. The second-order valence-corrected chi connectivity index (χ2v) is 1.81. The summed E-state index contributed by atoms with van der Waals surface area (Å²) in [6.45, 7) is 0. The van der Waals surface area contributed by atoms with E-state index in [1.54, 1.807) is 0 Å². The summed E-state index contributed by atoms with van der Waals surface area (Å²) in [5, 5.41) is 7.01. The molecule has 0 aromatic carbocycles. The summed E-state index contributed by atoms with van der Waals surface area (Å²) >= 11 is 0. The molecule has 0 aliphatic heterocycles. The molecule has 1 N–H and O–H groups in total. The molecule has 0 fully saturated rings. The molecule has 0 bridgehead atoms. The van der Waals surface area contributed by atoms with E-state index in [4.69, 9.17) is 5.41 Å². The van der Waals surface area contributed by atoms with Crippen LogP contribution in [-0.4, -0.2) is 26.1 Å². The van der Waals surface area contributed by atoms with Crippen LogP contribution < -0.4 is 0 Å². The maximum Gasteiger partial charge on any atom is 0.330 e. The summed E-state index contributed by atoms with van der Waals surface area (Å²) in [7, 11) is 2.70. The third-order valence-electron chi connectivity index (χ3n) is 1.01. The van der Waals surface area contributed by atoms with E-state index in [1.165, 1.54) is 38.5 Å². The van der Waals surface area contributed by atoms with Crippen LogP contribution in [0.5, 0.6) is 0 Å². The van der Waals surface area contributed by atoms with Crippen molar-refractivity contribution in [1.29, 1.82) is 5.41 Å². The zero-order chi connectivity index (χ0) is 9.40. The van der Waals surface area contributed by atoms with Crippen molar-refractivity contribution in [2.24, 2.45) is 0 Å². The van der Waals surface area contributed by atoms with Gasteiger partial charge in [0.15, 0.2) is 0 Å². The lowest BCUT2D eigenvalue weighted by Crippen LogP contribution is -1.93. The molecule has 0 aromatic rings. The molecule has 0 aromatic heterocycles. The Morgan fingerprint density at radius 2 is 1.75 bits per heavy atom. The summed E-state index contributed by atoms with van der Waals surface area (Å²) in [6, 6.07) is 0. The van der Waals surface area contributed by atoms with Crippen LogP contribution in [0.4, 0.5) is 0 Å². The van der Waals surface area contributed by atoms with Gasteiger partial charge in [0.2, 0.25) is 5.90 Å². The largest absolute Gasteiger partial charge is 0.481 e. The first kappa shape index (κ1) is 10.4. The van der Waals surface area contributed by atoms with Crippen molar-refractivity contribution in [3.05, 3.63) is 24.3 Å². The highest BCUT2D eigenvalue weighted by atomic mass is 16.5. The zero-order valence-corrected chi connectivity index (χ0v) is 7.03. The lowest BCUT2D eigenvalue weighted by molar-refractivity contribution is -0.134. The molecular formula is C8H11NO3. The third kappa shape index (κ3) is 5.22. The quantitative estimate of drug-likeness (QED) is 0.224. The fourth-order valence-electron chi connectivity index (χ4n) is 0.413. The van der Waals surface area contributed by atoms with E-state index >= 15 is 0 Å². The molecule has 0 radical (unpaired) electrons. The van der Waals surface area contributed by atoms with Gasteiger partial charge in [0.05, 0.1) is 14.2 Å². The number of hydrogen-bond acceptors (Lipinski definition) is 4. The maximum atomic E-state index is 10.5. The van der Waals surface area contributed by atoms with Crippen molar-refractivity contribution in [3.8, 4) is 0 Å². The van der Waals surface area contributed by atoms with Crippen molar-refractivity contribution in [2.45, 2.75) is 0 Å². The lowest BCUT2D eigenvalue weighted by Gasteiger charge is -1.90. The van der Waals surface area contributed by atoms with Gasteiger partial charge in [-0.25, -0.2) is 4.79 Å². The molecule has 12 heavy (non-hydrogen) atoms. The van der Waals surface area contributed by atoms with E-state index in [0.717, 1.165) is 0 Å². The Morgan fingerprint density at radius 3 is 2.25 bits per heavy atom. The summed E-state index contributed by atoms with van der Waals surface area (Å²) < 4.78 is 8.87. The minimum Gasteiger partial charge on any atom is -0.481 e. The Morgan fingerprint density at radius 1 is 1.17 bits per heavy atom. The smallest absolute Gasteiger partial charge is 0.330 e. The van der Waals surface area contributed by atoms with Crippen LogP contribution in [0.2, 0.25) is 0 Å². The van der Waals surface area contributed by atoms with Gasteiger partial charge in [-0.05, 0) is 6.08 Å². The monoisotopic (exact) mass is 169 g/mol. The molecule has 0 saturated heterocycles. The number of methoxy groups -OCH3 is 2. The Labute approximate surface area is 71.0 Å². The first-order chi connectivity index (χ1) is 5.70. The number of carbonyl (C=O) groups excluding carboxylic acids is 1. The second-order valence-electron chi connectivity index (χ2n) is 1.81. The number of hydrogen-bond donors (Lipinski definition) is 1. The van der Waals surface area contributed by atoms with E-state index in [2.05, 4.69) is 9.47 Å². The minimum absolute atomic E-state index is 0.0320. The van der Waals surface area contributed by atoms with Gasteiger partial charge in [0, 0.05) is 6.08 Å². The van der Waals surface area contributed by atoms with Crippen LogP contribution in [0, 0.1) is 5.41 Å². The first-order valence-corrected chi connectivity index (χ1v) is 3.26. The standard InChI is InChI=1S/C8H11NO3/c1-11-7(9)5-3-4-6-8(10)12-2/h3-6,9H,1-2H3. The molecule has 4 nitrogen and oxygen atoms in total. The predicted molar refractivity (Wildman–Crippen MR) is 45.0 cm³/mol. The summed E-state index contributed by atoms with van der Waals surface area (Å²) in [6.07, 6.45) is 5.65. The van der Waals surface area contributed by atoms with Crippen LogP contribution >= 0.6 is 0 Å². The van der Waals surface area contributed by atoms with Gasteiger partial charge in [-0.2, -0.15) is 0 Å². The number of esters is 1. The molecule has 0 rings (SSSR count). The fraction of sp³-hybridized carbons (Fsp3) is 0.250. The molecule has 0 saturated carbocycles. The number of ether oxygens (including phenoxy) is 2. The van der Waals surface area contributed by atoms with Crippen LogP contribution in [0.1, 0.15) is 0 Å². The first-order valence-electron chi connectivity index (χ1n) is 3.26. The van der Waals surface area contributed by atoms with E-state index in [-0.39, 0.29) is 5.90 Å². The van der Waals surface area contributed by atoms with Crippen molar-refractivity contribution < 1.29 is 14.3 Å². The van der Waals surface area contributed by atoms with Crippen molar-refractivity contribution >= 4 is 11.9 Å². The van der Waals surface area contributed by atoms with Crippen molar-refractivity contribution in [1.82, 2.24) is 0 Å². The van der Waals surface area contributed by atoms with Gasteiger partial charge in [-0.1, -0.05) is 12.2 Å². The summed E-state index contributed by atoms with van der Waals surface area (Å²) in [4.78, 5) is 10.5. The average molecular weight is 169 g/mol. The van der Waals surface area contributed by atoms with Crippen LogP contribution in [0.15, 0.2) is 24.3 Å². The van der Waals surface area contributed by atoms with Crippen molar-refractivity contribution in [3.63, 3.8) is 0 Å². The summed E-state index contributed by atoms with van der Waals surface area (Å²) in [5.41, 5.74) is 0. The topological polar surface area (TPSA) is 59.4 Å². The normalized spacial score (nSPS) is 10.5. The molecule has 0 aliphatic carbocycles. The Kier molecular flexibility index (Phi) is 5.34. The number of carbonyl (C=O) groups is 1. The van der Waals surface area contributed by atoms with Gasteiger partial charge in [0.1, 0.15) is 0 Å². The van der Waals surface area contributed by atoms with Crippen molar-refractivity contribution in [2.75, 3.05) is 14.2 Å². The van der Waals surface area contributed by atoms with E-state index in [9.17, 15) is 4.79 Å². The molecule has 0 heterocycles. The highest BCUT2D eigenvalue weighted by molar-refractivity contribution is 5.85. The second kappa shape index (κ2) is 6.15.